The summed E-state index contributed by atoms with van der Waals surface area (Å²) < 4.78 is 0. The van der Waals surface area contributed by atoms with E-state index in [1.165, 1.54) is 57.8 Å². The molecule has 1 N–H and O–H groups in total. The third-order valence-electron chi connectivity index (χ3n) is 3.03. The zero-order valence-electron chi connectivity index (χ0n) is 10.7. The van der Waals surface area contributed by atoms with Gasteiger partial charge >= 0.3 is 0 Å². The summed E-state index contributed by atoms with van der Waals surface area (Å²) >= 11 is 0. The Morgan fingerprint density at radius 2 is 1.73 bits per heavy atom. The molecule has 0 bridgehead atoms. The molecule has 0 saturated carbocycles. The minimum atomic E-state index is 0.750. The molecular formula is C14H29N. The van der Waals surface area contributed by atoms with Gasteiger partial charge in [0.15, 0.2) is 0 Å². The highest BCUT2D eigenvalue weighted by Crippen LogP contribution is 2.11. The van der Waals surface area contributed by atoms with Crippen molar-refractivity contribution >= 4 is 0 Å². The summed E-state index contributed by atoms with van der Waals surface area (Å²) in [7, 11) is 2.10. The molecular weight excluding hydrogens is 182 g/mol. The Kier molecular flexibility index (Phi) is 11.5. The van der Waals surface area contributed by atoms with E-state index >= 15 is 0 Å². The van der Waals surface area contributed by atoms with E-state index in [2.05, 4.69) is 25.9 Å². The van der Waals surface area contributed by atoms with Crippen LogP contribution < -0.4 is 5.32 Å². The van der Waals surface area contributed by atoms with Crippen LogP contribution in [0.15, 0.2) is 12.7 Å². The van der Waals surface area contributed by atoms with Crippen molar-refractivity contribution in [2.45, 2.75) is 70.8 Å². The van der Waals surface area contributed by atoms with Gasteiger partial charge in [0.1, 0.15) is 0 Å². The molecule has 0 aromatic heterocycles. The monoisotopic (exact) mass is 211 g/mol. The summed E-state index contributed by atoms with van der Waals surface area (Å²) in [6.07, 6.45) is 14.0. The zero-order valence-corrected chi connectivity index (χ0v) is 10.7. The van der Waals surface area contributed by atoms with Gasteiger partial charge in [-0.25, -0.2) is 0 Å². The zero-order chi connectivity index (χ0) is 11.4. The van der Waals surface area contributed by atoms with Gasteiger partial charge in [-0.15, -0.1) is 6.58 Å². The van der Waals surface area contributed by atoms with Crippen molar-refractivity contribution in [1.82, 2.24) is 5.32 Å². The molecule has 1 unspecified atom stereocenters. The molecule has 1 atom stereocenters. The quantitative estimate of drug-likeness (QED) is 0.397. The van der Waals surface area contributed by atoms with E-state index in [1.54, 1.807) is 0 Å². The normalized spacial score (nSPS) is 12.7. The highest BCUT2D eigenvalue weighted by atomic mass is 14.9. The smallest absolute Gasteiger partial charge is 0.00640 e. The minimum Gasteiger partial charge on any atom is -0.317 e. The molecule has 0 spiro atoms. The average Bonchev–Trinajstić information content (AvgIpc) is 2.26. The Hall–Kier alpha value is -0.300. The fraction of sp³-hybridized carbons (Fsp3) is 0.857. The molecule has 0 aliphatic rings. The highest BCUT2D eigenvalue weighted by molar-refractivity contribution is 4.67. The Morgan fingerprint density at radius 3 is 2.27 bits per heavy atom. The van der Waals surface area contributed by atoms with Crippen molar-refractivity contribution in [1.29, 1.82) is 0 Å². The van der Waals surface area contributed by atoms with E-state index in [1.807, 2.05) is 6.08 Å². The Balaban J connectivity index is 3.31. The molecule has 0 aromatic carbocycles. The summed E-state index contributed by atoms with van der Waals surface area (Å²) in [6.45, 7) is 6.01. The molecule has 15 heavy (non-hydrogen) atoms. The van der Waals surface area contributed by atoms with Gasteiger partial charge in [0.25, 0.3) is 0 Å². The van der Waals surface area contributed by atoms with Crippen LogP contribution in [0.5, 0.6) is 0 Å². The van der Waals surface area contributed by atoms with Crippen LogP contribution >= 0.6 is 0 Å². The molecule has 0 radical (unpaired) electrons. The third kappa shape index (κ3) is 9.99. The van der Waals surface area contributed by atoms with Crippen molar-refractivity contribution < 1.29 is 0 Å². The van der Waals surface area contributed by atoms with Crippen molar-refractivity contribution in [3.8, 4) is 0 Å². The molecule has 0 aliphatic heterocycles. The van der Waals surface area contributed by atoms with E-state index in [0.717, 1.165) is 6.04 Å². The Morgan fingerprint density at radius 1 is 1.07 bits per heavy atom. The second-order valence-corrected chi connectivity index (χ2v) is 4.41. The predicted octanol–water partition coefficient (Wildman–Crippen LogP) is 4.29. The Labute approximate surface area is 96.3 Å². The van der Waals surface area contributed by atoms with Crippen LogP contribution in [-0.2, 0) is 0 Å². The molecule has 0 aliphatic carbocycles. The SMILES string of the molecule is C=CCCCCCC(CCCCC)NC. The van der Waals surface area contributed by atoms with Crippen LogP contribution in [0.2, 0.25) is 0 Å². The van der Waals surface area contributed by atoms with Crippen LogP contribution in [0.25, 0.3) is 0 Å². The van der Waals surface area contributed by atoms with Gasteiger partial charge in [0, 0.05) is 6.04 Å². The largest absolute Gasteiger partial charge is 0.317 e. The first-order chi connectivity index (χ1) is 7.35. The maximum absolute atomic E-state index is 3.75. The van der Waals surface area contributed by atoms with Gasteiger partial charge in [-0.05, 0) is 32.7 Å². The molecule has 0 saturated heterocycles. The lowest BCUT2D eigenvalue weighted by Gasteiger charge is -2.15. The average molecular weight is 211 g/mol. The third-order valence-corrected chi connectivity index (χ3v) is 3.03. The van der Waals surface area contributed by atoms with E-state index in [9.17, 15) is 0 Å². The molecule has 0 amide bonds. The number of allylic oxidation sites excluding steroid dienone is 1. The fourth-order valence-corrected chi connectivity index (χ4v) is 1.93. The van der Waals surface area contributed by atoms with E-state index in [4.69, 9.17) is 0 Å². The standard InChI is InChI=1S/C14H29N/c1-4-6-8-9-11-13-14(15-3)12-10-7-5-2/h4,14-15H,1,5-13H2,2-3H3. The first kappa shape index (κ1) is 14.7. The Bertz CT molecular complexity index is 131. The summed E-state index contributed by atoms with van der Waals surface area (Å²) in [5.74, 6) is 0. The van der Waals surface area contributed by atoms with Crippen LogP contribution in [0, 0.1) is 0 Å². The summed E-state index contributed by atoms with van der Waals surface area (Å²) in [6, 6.07) is 0.750. The molecule has 0 fully saturated rings. The van der Waals surface area contributed by atoms with E-state index < -0.39 is 0 Å². The van der Waals surface area contributed by atoms with E-state index in [-0.39, 0.29) is 0 Å². The van der Waals surface area contributed by atoms with Gasteiger partial charge in [0.2, 0.25) is 0 Å². The first-order valence-electron chi connectivity index (χ1n) is 6.63. The molecule has 0 rings (SSSR count). The molecule has 1 nitrogen and oxygen atoms in total. The van der Waals surface area contributed by atoms with Gasteiger partial charge in [-0.2, -0.15) is 0 Å². The minimum absolute atomic E-state index is 0.750. The first-order valence-corrected chi connectivity index (χ1v) is 6.63. The van der Waals surface area contributed by atoms with E-state index in [0.29, 0.717) is 0 Å². The van der Waals surface area contributed by atoms with Crippen LogP contribution in [0.1, 0.15) is 64.7 Å². The highest BCUT2D eigenvalue weighted by Gasteiger charge is 2.04. The number of unbranched alkanes of at least 4 members (excludes halogenated alkanes) is 5. The lowest BCUT2D eigenvalue weighted by molar-refractivity contribution is 0.444. The summed E-state index contributed by atoms with van der Waals surface area (Å²) in [4.78, 5) is 0. The number of nitrogens with one attached hydrogen (secondary N) is 1. The van der Waals surface area contributed by atoms with Crippen LogP contribution in [0.4, 0.5) is 0 Å². The lowest BCUT2D eigenvalue weighted by Crippen LogP contribution is -2.24. The maximum atomic E-state index is 3.75. The lowest BCUT2D eigenvalue weighted by atomic mass is 10.0. The van der Waals surface area contributed by atoms with Crippen LogP contribution in [0.3, 0.4) is 0 Å². The van der Waals surface area contributed by atoms with Gasteiger partial charge in [-0.3, -0.25) is 0 Å². The number of rotatable bonds is 11. The molecule has 90 valence electrons. The molecule has 1 heteroatoms. The second-order valence-electron chi connectivity index (χ2n) is 4.41. The van der Waals surface area contributed by atoms with Gasteiger partial charge < -0.3 is 5.32 Å². The van der Waals surface area contributed by atoms with Crippen molar-refractivity contribution in [2.75, 3.05) is 7.05 Å². The number of hydrogen-bond donors (Lipinski definition) is 1. The molecule has 0 heterocycles. The van der Waals surface area contributed by atoms with Crippen molar-refractivity contribution in [3.63, 3.8) is 0 Å². The second kappa shape index (κ2) is 11.8. The number of hydrogen-bond acceptors (Lipinski definition) is 1. The van der Waals surface area contributed by atoms with Gasteiger partial charge in [-0.1, -0.05) is 45.1 Å². The van der Waals surface area contributed by atoms with Crippen molar-refractivity contribution in [2.24, 2.45) is 0 Å². The fourth-order valence-electron chi connectivity index (χ4n) is 1.93. The molecule has 0 aromatic rings. The summed E-state index contributed by atoms with van der Waals surface area (Å²) in [5.41, 5.74) is 0. The van der Waals surface area contributed by atoms with Crippen molar-refractivity contribution in [3.05, 3.63) is 12.7 Å². The van der Waals surface area contributed by atoms with Gasteiger partial charge in [0.05, 0.1) is 0 Å². The van der Waals surface area contributed by atoms with Crippen LogP contribution in [-0.4, -0.2) is 13.1 Å². The maximum Gasteiger partial charge on any atom is 0.00640 e. The predicted molar refractivity (Wildman–Crippen MR) is 70.3 cm³/mol. The summed E-state index contributed by atoms with van der Waals surface area (Å²) in [5, 5.41) is 3.43. The topological polar surface area (TPSA) is 12.0 Å².